The largest absolute Gasteiger partial charge is 0.388 e. The minimum absolute atomic E-state index is 0.0192. The second-order valence-electron chi connectivity index (χ2n) is 10.4. The van der Waals surface area contributed by atoms with Crippen LogP contribution in [0.5, 0.6) is 0 Å². The topological polar surface area (TPSA) is 175 Å². The van der Waals surface area contributed by atoms with Crippen molar-refractivity contribution in [1.82, 2.24) is 20.9 Å². The van der Waals surface area contributed by atoms with Crippen LogP contribution in [0.1, 0.15) is 49.0 Å². The second kappa shape index (κ2) is 18.0. The SMILES string of the molecule is CCCCS(=O)(=O)C[C@@H](NC(=O)c1cccnc1)C(=O)N[C@@H](Cc1cc(F)cc(F)c1)[C@@H](O)[C@H](O)[C@@H](CCSC)NC(C)=O. The van der Waals surface area contributed by atoms with Crippen molar-refractivity contribution in [2.45, 2.75) is 69.9 Å². The number of hydrogen-bond donors (Lipinski definition) is 5. The molecule has 0 unspecified atom stereocenters. The number of hydrogen-bond acceptors (Lipinski definition) is 9. The van der Waals surface area contributed by atoms with Gasteiger partial charge in [0.2, 0.25) is 11.8 Å². The van der Waals surface area contributed by atoms with Crippen molar-refractivity contribution < 1.29 is 41.8 Å². The van der Waals surface area contributed by atoms with Crippen LogP contribution in [0.3, 0.4) is 0 Å². The lowest BCUT2D eigenvalue weighted by Crippen LogP contribution is -2.60. The summed E-state index contributed by atoms with van der Waals surface area (Å²) in [5, 5.41) is 29.8. The Labute approximate surface area is 260 Å². The molecule has 5 N–H and O–H groups in total. The van der Waals surface area contributed by atoms with Crippen molar-refractivity contribution in [2.24, 2.45) is 0 Å². The van der Waals surface area contributed by atoms with E-state index in [0.717, 1.165) is 12.1 Å². The molecule has 1 aromatic heterocycles. The van der Waals surface area contributed by atoms with Crippen LogP contribution in [0.25, 0.3) is 0 Å². The third-order valence-electron chi connectivity index (χ3n) is 6.68. The molecule has 0 radical (unpaired) electrons. The van der Waals surface area contributed by atoms with Crippen molar-refractivity contribution >= 4 is 39.3 Å². The van der Waals surface area contributed by atoms with Gasteiger partial charge in [0, 0.05) is 25.4 Å². The molecule has 1 aromatic carbocycles. The molecule has 0 saturated heterocycles. The molecule has 0 bridgehead atoms. The maximum Gasteiger partial charge on any atom is 0.253 e. The molecule has 0 aliphatic carbocycles. The quantitative estimate of drug-likeness (QED) is 0.159. The maximum absolute atomic E-state index is 14.0. The number of aromatic nitrogens is 1. The van der Waals surface area contributed by atoms with Gasteiger partial charge in [-0.3, -0.25) is 19.4 Å². The molecule has 0 spiro atoms. The summed E-state index contributed by atoms with van der Waals surface area (Å²) in [7, 11) is -3.85. The number of nitrogens with one attached hydrogen (secondary N) is 3. The van der Waals surface area contributed by atoms with Gasteiger partial charge in [0.25, 0.3) is 5.91 Å². The Kier molecular flexibility index (Phi) is 15.1. The molecule has 1 heterocycles. The van der Waals surface area contributed by atoms with Gasteiger partial charge in [-0.2, -0.15) is 11.8 Å². The van der Waals surface area contributed by atoms with Crippen LogP contribution in [0, 0.1) is 11.6 Å². The third kappa shape index (κ3) is 12.5. The fraction of sp³-hybridized carbons (Fsp3) is 0.517. The number of pyridine rings is 1. The van der Waals surface area contributed by atoms with Crippen LogP contribution in [0.15, 0.2) is 42.7 Å². The van der Waals surface area contributed by atoms with Crippen LogP contribution >= 0.6 is 11.8 Å². The lowest BCUT2D eigenvalue weighted by molar-refractivity contribution is -0.126. The molecule has 15 heteroatoms. The summed E-state index contributed by atoms with van der Waals surface area (Å²) in [6, 6.07) is 1.49. The lowest BCUT2D eigenvalue weighted by atomic mass is 9.92. The highest BCUT2D eigenvalue weighted by molar-refractivity contribution is 7.98. The first-order chi connectivity index (χ1) is 20.8. The number of carbonyl (C=O) groups is 3. The van der Waals surface area contributed by atoms with E-state index < -0.39 is 75.3 Å². The van der Waals surface area contributed by atoms with Crippen LogP contribution < -0.4 is 16.0 Å². The highest BCUT2D eigenvalue weighted by Gasteiger charge is 2.36. The molecule has 244 valence electrons. The minimum atomic E-state index is -3.85. The molecule has 0 saturated carbocycles. The first-order valence-corrected chi connectivity index (χ1v) is 17.3. The predicted molar refractivity (Wildman–Crippen MR) is 164 cm³/mol. The van der Waals surface area contributed by atoms with Gasteiger partial charge in [-0.25, -0.2) is 17.2 Å². The number of aliphatic hydroxyl groups is 2. The Morgan fingerprint density at radius 3 is 2.25 bits per heavy atom. The first-order valence-electron chi connectivity index (χ1n) is 14.0. The van der Waals surface area contributed by atoms with E-state index in [2.05, 4.69) is 20.9 Å². The van der Waals surface area contributed by atoms with Gasteiger partial charge >= 0.3 is 0 Å². The summed E-state index contributed by atoms with van der Waals surface area (Å²) >= 11 is 1.43. The van der Waals surface area contributed by atoms with Gasteiger partial charge < -0.3 is 26.2 Å². The molecule has 11 nitrogen and oxygen atoms in total. The number of nitrogens with zero attached hydrogens (tertiary/aromatic N) is 1. The van der Waals surface area contributed by atoms with Gasteiger partial charge in [0.05, 0.1) is 29.2 Å². The van der Waals surface area contributed by atoms with E-state index in [4.69, 9.17) is 0 Å². The van der Waals surface area contributed by atoms with Crippen molar-refractivity contribution in [3.8, 4) is 0 Å². The van der Waals surface area contributed by atoms with E-state index in [0.29, 0.717) is 24.7 Å². The van der Waals surface area contributed by atoms with Gasteiger partial charge in [-0.1, -0.05) is 13.3 Å². The Morgan fingerprint density at radius 1 is 1.02 bits per heavy atom. The number of halogens is 2. The highest BCUT2D eigenvalue weighted by Crippen LogP contribution is 2.17. The van der Waals surface area contributed by atoms with E-state index in [1.165, 1.54) is 43.2 Å². The molecular weight excluding hydrogens is 618 g/mol. The van der Waals surface area contributed by atoms with E-state index >= 15 is 0 Å². The van der Waals surface area contributed by atoms with Gasteiger partial charge in [0.15, 0.2) is 9.84 Å². The number of sulfone groups is 1. The summed E-state index contributed by atoms with van der Waals surface area (Å²) in [4.78, 5) is 42.2. The molecule has 2 aromatic rings. The smallest absolute Gasteiger partial charge is 0.253 e. The monoisotopic (exact) mass is 658 g/mol. The highest BCUT2D eigenvalue weighted by atomic mass is 32.2. The fourth-order valence-corrected chi connectivity index (χ4v) is 6.58. The zero-order valence-electron chi connectivity index (χ0n) is 24.8. The zero-order valence-corrected chi connectivity index (χ0v) is 26.5. The number of benzene rings is 1. The van der Waals surface area contributed by atoms with Gasteiger partial charge in [0.1, 0.15) is 29.9 Å². The van der Waals surface area contributed by atoms with Crippen molar-refractivity contribution in [2.75, 3.05) is 23.5 Å². The van der Waals surface area contributed by atoms with Crippen LogP contribution in [0.2, 0.25) is 0 Å². The Balaban J connectivity index is 2.45. The maximum atomic E-state index is 14.0. The fourth-order valence-electron chi connectivity index (χ4n) is 4.46. The molecule has 44 heavy (non-hydrogen) atoms. The number of aliphatic hydroxyl groups excluding tert-OH is 2. The van der Waals surface area contributed by atoms with Crippen molar-refractivity contribution in [3.05, 3.63) is 65.5 Å². The Morgan fingerprint density at radius 2 is 1.68 bits per heavy atom. The molecule has 0 aliphatic heterocycles. The van der Waals surface area contributed by atoms with E-state index in [1.807, 2.05) is 6.26 Å². The number of amides is 3. The van der Waals surface area contributed by atoms with E-state index in [9.17, 15) is 41.8 Å². The first kappa shape index (κ1) is 37.0. The van der Waals surface area contributed by atoms with Crippen molar-refractivity contribution in [3.63, 3.8) is 0 Å². The standard InChI is InChI=1S/C29H40F2N4O7S2/c1-4-5-11-44(41,42)17-25(35-28(39)20-7-6-9-32-16-20)29(40)34-24(14-19-12-21(30)15-22(31)13-19)27(38)26(37)23(8-10-43-3)33-18(2)36/h6-7,9,12-13,15-16,23-27,37-38H,4-5,8,10-11,14,17H2,1-3H3,(H,33,36)(H,34,40)(H,35,39)/t23-,24+,25-,26-,27-/m1/s1. The number of carbonyl (C=O) groups excluding carboxylic acids is 3. The summed E-state index contributed by atoms with van der Waals surface area (Å²) in [6.07, 6.45) is 1.77. The van der Waals surface area contributed by atoms with Crippen LogP contribution in [0.4, 0.5) is 8.78 Å². The molecule has 0 fully saturated rings. The number of rotatable bonds is 18. The molecule has 5 atom stereocenters. The average molecular weight is 659 g/mol. The number of unbranched alkanes of at least 4 members (excludes halogenated alkanes) is 1. The van der Waals surface area contributed by atoms with E-state index in [1.54, 1.807) is 6.92 Å². The second-order valence-corrected chi connectivity index (χ2v) is 13.6. The van der Waals surface area contributed by atoms with Crippen LogP contribution in [-0.4, -0.2) is 95.2 Å². The molecule has 2 rings (SSSR count). The summed E-state index contributed by atoms with van der Waals surface area (Å²) in [6.45, 7) is 3.03. The summed E-state index contributed by atoms with van der Waals surface area (Å²) < 4.78 is 53.7. The third-order valence-corrected chi connectivity index (χ3v) is 9.07. The van der Waals surface area contributed by atoms with Crippen LogP contribution in [-0.2, 0) is 25.8 Å². The Bertz CT molecular complexity index is 1330. The lowest BCUT2D eigenvalue weighted by Gasteiger charge is -2.33. The summed E-state index contributed by atoms with van der Waals surface area (Å²) in [5.41, 5.74) is 0.0798. The normalized spacial score (nSPS) is 15.0. The summed E-state index contributed by atoms with van der Waals surface area (Å²) in [5.74, 6) is -4.62. The molecular formula is C29H40F2N4O7S2. The molecule has 0 aliphatic rings. The molecule has 3 amide bonds. The number of thioether (sulfide) groups is 1. The minimum Gasteiger partial charge on any atom is -0.388 e. The van der Waals surface area contributed by atoms with Gasteiger partial charge in [-0.15, -0.1) is 0 Å². The zero-order chi connectivity index (χ0) is 32.9. The van der Waals surface area contributed by atoms with E-state index in [-0.39, 0.29) is 29.7 Å². The van der Waals surface area contributed by atoms with Crippen molar-refractivity contribution in [1.29, 1.82) is 0 Å². The predicted octanol–water partition coefficient (Wildman–Crippen LogP) is 1.38. The Hall–Kier alpha value is -3.14. The average Bonchev–Trinajstić information content (AvgIpc) is 2.96. The van der Waals surface area contributed by atoms with Gasteiger partial charge in [-0.05, 0) is 61.1 Å².